The summed E-state index contributed by atoms with van der Waals surface area (Å²) in [7, 11) is -3.86. The van der Waals surface area contributed by atoms with E-state index in [2.05, 4.69) is 0 Å². The minimum absolute atomic E-state index is 0.279. The second-order valence-electron chi connectivity index (χ2n) is 2.99. The summed E-state index contributed by atoms with van der Waals surface area (Å²) < 4.78 is 61.1. The van der Waals surface area contributed by atoms with Crippen LogP contribution >= 0.6 is 0 Å². The molecule has 0 aromatic heterocycles. The fourth-order valence-corrected chi connectivity index (χ4v) is 2.52. The van der Waals surface area contributed by atoms with E-state index in [4.69, 9.17) is 0 Å². The van der Waals surface area contributed by atoms with Crippen molar-refractivity contribution in [3.05, 3.63) is 29.6 Å². The highest BCUT2D eigenvalue weighted by Gasteiger charge is 2.22. The van der Waals surface area contributed by atoms with E-state index in [1.807, 2.05) is 0 Å². The van der Waals surface area contributed by atoms with E-state index in [1.165, 1.54) is 0 Å². The fraction of sp³-hybridized carbons (Fsp3) is 0.333. The van der Waals surface area contributed by atoms with Gasteiger partial charge >= 0.3 is 0 Å². The molecule has 0 spiro atoms. The van der Waals surface area contributed by atoms with Crippen molar-refractivity contribution in [2.75, 3.05) is 5.75 Å². The van der Waals surface area contributed by atoms with Crippen LogP contribution in [0.25, 0.3) is 0 Å². The van der Waals surface area contributed by atoms with Crippen LogP contribution in [0.1, 0.15) is 13.3 Å². The van der Waals surface area contributed by atoms with Crippen LogP contribution in [-0.4, -0.2) is 14.2 Å². The van der Waals surface area contributed by atoms with Gasteiger partial charge in [-0.25, -0.2) is 21.6 Å². The lowest BCUT2D eigenvalue weighted by molar-refractivity contribution is 0.432. The van der Waals surface area contributed by atoms with Crippen LogP contribution in [0.3, 0.4) is 0 Å². The zero-order valence-corrected chi connectivity index (χ0v) is 8.74. The maximum Gasteiger partial charge on any atom is 0.195 e. The molecule has 0 aliphatic carbocycles. The van der Waals surface area contributed by atoms with Crippen molar-refractivity contribution in [3.63, 3.8) is 0 Å². The third-order valence-electron chi connectivity index (χ3n) is 1.81. The molecule has 0 amide bonds. The summed E-state index contributed by atoms with van der Waals surface area (Å²) in [6, 6.07) is 1.33. The lowest BCUT2D eigenvalue weighted by atomic mass is 10.3. The number of rotatable bonds is 3. The van der Waals surface area contributed by atoms with E-state index in [1.54, 1.807) is 6.92 Å². The van der Waals surface area contributed by atoms with Crippen molar-refractivity contribution in [3.8, 4) is 0 Å². The molecule has 0 aliphatic rings. The Kier molecular flexibility index (Phi) is 3.38. The molecular formula is C9H9F3O2S. The second kappa shape index (κ2) is 4.22. The summed E-state index contributed by atoms with van der Waals surface area (Å²) >= 11 is 0. The number of hydrogen-bond acceptors (Lipinski definition) is 2. The van der Waals surface area contributed by atoms with Gasteiger partial charge < -0.3 is 0 Å². The van der Waals surface area contributed by atoms with Gasteiger partial charge in [0.15, 0.2) is 27.3 Å². The third kappa shape index (κ3) is 2.31. The van der Waals surface area contributed by atoms with Gasteiger partial charge in [0.05, 0.1) is 5.75 Å². The summed E-state index contributed by atoms with van der Waals surface area (Å²) in [5.74, 6) is -5.10. The van der Waals surface area contributed by atoms with Gasteiger partial charge in [-0.2, -0.15) is 0 Å². The lowest BCUT2D eigenvalue weighted by Gasteiger charge is -2.04. The van der Waals surface area contributed by atoms with E-state index < -0.39 is 32.2 Å². The van der Waals surface area contributed by atoms with Crippen LogP contribution in [0.15, 0.2) is 17.0 Å². The maximum atomic E-state index is 13.1. The fourth-order valence-electron chi connectivity index (χ4n) is 1.13. The summed E-state index contributed by atoms with van der Waals surface area (Å²) in [6.45, 7) is 1.59. The molecule has 0 bridgehead atoms. The topological polar surface area (TPSA) is 34.1 Å². The van der Waals surface area contributed by atoms with Gasteiger partial charge in [0.25, 0.3) is 0 Å². The van der Waals surface area contributed by atoms with E-state index in [0.29, 0.717) is 6.07 Å². The van der Waals surface area contributed by atoms with E-state index in [9.17, 15) is 21.6 Å². The molecule has 1 aromatic rings. The Morgan fingerprint density at radius 2 is 1.73 bits per heavy atom. The molecule has 15 heavy (non-hydrogen) atoms. The van der Waals surface area contributed by atoms with Crippen molar-refractivity contribution in [1.82, 2.24) is 0 Å². The van der Waals surface area contributed by atoms with E-state index in [0.717, 1.165) is 6.07 Å². The zero-order chi connectivity index (χ0) is 11.6. The smallest absolute Gasteiger partial charge is 0.195 e. The van der Waals surface area contributed by atoms with Crippen molar-refractivity contribution in [2.45, 2.75) is 18.2 Å². The predicted molar refractivity (Wildman–Crippen MR) is 48.7 cm³/mol. The first-order valence-corrected chi connectivity index (χ1v) is 5.91. The first-order chi connectivity index (χ1) is 6.90. The first kappa shape index (κ1) is 12.0. The summed E-state index contributed by atoms with van der Waals surface area (Å²) in [5.41, 5.74) is 0. The molecule has 0 radical (unpaired) electrons. The molecule has 6 heteroatoms. The van der Waals surface area contributed by atoms with Gasteiger partial charge in [-0.05, 0) is 18.6 Å². The Hall–Kier alpha value is -1.04. The van der Waals surface area contributed by atoms with Crippen molar-refractivity contribution in [1.29, 1.82) is 0 Å². The molecule has 2 nitrogen and oxygen atoms in total. The molecule has 0 saturated carbocycles. The molecule has 0 atom stereocenters. The monoisotopic (exact) mass is 238 g/mol. The van der Waals surface area contributed by atoms with Crippen LogP contribution in [0, 0.1) is 17.5 Å². The molecule has 0 heterocycles. The van der Waals surface area contributed by atoms with Gasteiger partial charge in [0, 0.05) is 0 Å². The van der Waals surface area contributed by atoms with Gasteiger partial charge in [-0.1, -0.05) is 6.92 Å². The Morgan fingerprint density at radius 1 is 1.13 bits per heavy atom. The van der Waals surface area contributed by atoms with Crippen molar-refractivity contribution < 1.29 is 21.6 Å². The van der Waals surface area contributed by atoms with Crippen molar-refractivity contribution >= 4 is 9.84 Å². The average Bonchev–Trinajstić information content (AvgIpc) is 2.13. The van der Waals surface area contributed by atoms with E-state index >= 15 is 0 Å². The first-order valence-electron chi connectivity index (χ1n) is 4.26. The lowest BCUT2D eigenvalue weighted by Crippen LogP contribution is -2.10. The Balaban J connectivity index is 3.34. The van der Waals surface area contributed by atoms with Gasteiger partial charge in [0.2, 0.25) is 0 Å². The minimum atomic E-state index is -3.86. The predicted octanol–water partition coefficient (Wildman–Crippen LogP) is 2.29. The average molecular weight is 238 g/mol. The molecule has 1 rings (SSSR count). The normalized spacial score (nSPS) is 11.7. The number of hydrogen-bond donors (Lipinski definition) is 0. The summed E-state index contributed by atoms with van der Waals surface area (Å²) in [5, 5.41) is 0. The van der Waals surface area contributed by atoms with Gasteiger partial charge in [-0.15, -0.1) is 0 Å². The van der Waals surface area contributed by atoms with E-state index in [-0.39, 0.29) is 12.2 Å². The van der Waals surface area contributed by atoms with Crippen LogP contribution in [0.2, 0.25) is 0 Å². The van der Waals surface area contributed by atoms with Gasteiger partial charge in [0.1, 0.15) is 4.90 Å². The number of benzene rings is 1. The standard InChI is InChI=1S/C9H9F3O2S/c1-2-5-15(13,14)7-4-3-6(10)8(11)9(7)12/h3-4H,2,5H2,1H3. The molecule has 0 aliphatic heterocycles. The molecule has 0 N–H and O–H groups in total. The van der Waals surface area contributed by atoms with Crippen LogP contribution in [-0.2, 0) is 9.84 Å². The van der Waals surface area contributed by atoms with Crippen LogP contribution in [0.4, 0.5) is 13.2 Å². The SMILES string of the molecule is CCCS(=O)(=O)c1ccc(F)c(F)c1F. The molecular weight excluding hydrogens is 229 g/mol. The summed E-state index contributed by atoms with van der Waals surface area (Å²) in [6.07, 6.45) is 0.279. The molecule has 0 saturated heterocycles. The maximum absolute atomic E-state index is 13.1. The highest BCUT2D eigenvalue weighted by Crippen LogP contribution is 2.20. The Morgan fingerprint density at radius 3 is 2.27 bits per heavy atom. The Labute approximate surface area is 85.6 Å². The largest absolute Gasteiger partial charge is 0.224 e. The number of halogens is 3. The zero-order valence-electron chi connectivity index (χ0n) is 7.93. The van der Waals surface area contributed by atoms with Crippen LogP contribution < -0.4 is 0 Å². The minimum Gasteiger partial charge on any atom is -0.224 e. The van der Waals surface area contributed by atoms with Gasteiger partial charge in [-0.3, -0.25) is 0 Å². The highest BCUT2D eigenvalue weighted by atomic mass is 32.2. The van der Waals surface area contributed by atoms with Crippen LogP contribution in [0.5, 0.6) is 0 Å². The molecule has 1 aromatic carbocycles. The highest BCUT2D eigenvalue weighted by molar-refractivity contribution is 7.91. The summed E-state index contributed by atoms with van der Waals surface area (Å²) in [4.78, 5) is -0.789. The quantitative estimate of drug-likeness (QED) is 0.598. The van der Waals surface area contributed by atoms with Crippen molar-refractivity contribution in [2.24, 2.45) is 0 Å². The number of sulfone groups is 1. The second-order valence-corrected chi connectivity index (χ2v) is 5.07. The molecule has 0 fully saturated rings. The third-order valence-corrected chi connectivity index (χ3v) is 3.74. The Bertz CT molecular complexity index is 468. The molecule has 0 unspecified atom stereocenters. The molecule has 84 valence electrons.